The van der Waals surface area contributed by atoms with Gasteiger partial charge in [0.05, 0.1) is 6.04 Å². The van der Waals surface area contributed by atoms with Crippen molar-refractivity contribution in [1.29, 1.82) is 0 Å². The van der Waals surface area contributed by atoms with Gasteiger partial charge in [0, 0.05) is 12.8 Å². The lowest BCUT2D eigenvalue weighted by molar-refractivity contribution is -0.145. The van der Waals surface area contributed by atoms with Gasteiger partial charge in [-0.1, -0.05) is 67.6 Å². The molecule has 1 N–H and O–H groups in total. The van der Waals surface area contributed by atoms with E-state index in [1.807, 2.05) is 43.3 Å². The third-order valence-electron chi connectivity index (χ3n) is 5.20. The molecular weight excluding hydrogens is 374 g/mol. The summed E-state index contributed by atoms with van der Waals surface area (Å²) in [6.45, 7) is 2.25. The second-order valence-corrected chi connectivity index (χ2v) is 7.74. The van der Waals surface area contributed by atoms with Crippen LogP contribution in [0.4, 0.5) is 0 Å². The van der Waals surface area contributed by atoms with E-state index in [4.69, 9.17) is 4.74 Å². The van der Waals surface area contributed by atoms with Crippen molar-refractivity contribution in [2.75, 3.05) is 6.61 Å². The lowest BCUT2D eigenvalue weighted by atomic mass is 10.1. The molecule has 0 spiro atoms. The largest absolute Gasteiger partial charge is 0.463 e. The van der Waals surface area contributed by atoms with Gasteiger partial charge in [0.25, 0.3) is 0 Å². The van der Waals surface area contributed by atoms with Crippen LogP contribution in [0.5, 0.6) is 0 Å². The van der Waals surface area contributed by atoms with Crippen LogP contribution in [0.3, 0.4) is 0 Å². The van der Waals surface area contributed by atoms with Crippen molar-refractivity contribution in [3.63, 3.8) is 0 Å². The van der Waals surface area contributed by atoms with Crippen LogP contribution < -0.4 is 5.32 Å². The summed E-state index contributed by atoms with van der Waals surface area (Å²) in [5, 5.41) is 2.99. The summed E-state index contributed by atoms with van der Waals surface area (Å²) in [6, 6.07) is 20.5. The SMILES string of the molecule is CC[C@H](COC(=O)CCCCc1ccccc1)NC(=O)CCCCc1ccccc1. The van der Waals surface area contributed by atoms with Crippen LogP contribution in [-0.2, 0) is 27.2 Å². The van der Waals surface area contributed by atoms with Crippen LogP contribution in [0.15, 0.2) is 60.7 Å². The number of ether oxygens (including phenoxy) is 1. The van der Waals surface area contributed by atoms with Crippen LogP contribution in [0, 0.1) is 0 Å². The first-order valence-corrected chi connectivity index (χ1v) is 11.2. The zero-order valence-electron chi connectivity index (χ0n) is 18.1. The minimum Gasteiger partial charge on any atom is -0.463 e. The number of nitrogens with one attached hydrogen (secondary N) is 1. The molecule has 0 bridgehead atoms. The van der Waals surface area contributed by atoms with Crippen molar-refractivity contribution in [2.24, 2.45) is 0 Å². The number of aryl methyl sites for hydroxylation is 2. The maximum atomic E-state index is 12.2. The van der Waals surface area contributed by atoms with Crippen molar-refractivity contribution >= 4 is 11.9 Å². The number of amides is 1. The molecule has 0 aliphatic heterocycles. The predicted octanol–water partition coefficient (Wildman–Crippen LogP) is 5.25. The first-order valence-electron chi connectivity index (χ1n) is 11.2. The summed E-state index contributed by atoms with van der Waals surface area (Å²) >= 11 is 0. The van der Waals surface area contributed by atoms with Crippen LogP contribution in [-0.4, -0.2) is 24.5 Å². The van der Waals surface area contributed by atoms with E-state index in [1.54, 1.807) is 0 Å². The van der Waals surface area contributed by atoms with Gasteiger partial charge in [-0.15, -0.1) is 0 Å². The number of carbonyl (C=O) groups excluding carboxylic acids is 2. The van der Waals surface area contributed by atoms with E-state index in [-0.39, 0.29) is 24.5 Å². The lowest BCUT2D eigenvalue weighted by Gasteiger charge is -2.17. The van der Waals surface area contributed by atoms with Gasteiger partial charge in [-0.2, -0.15) is 0 Å². The van der Waals surface area contributed by atoms with E-state index in [0.29, 0.717) is 12.8 Å². The smallest absolute Gasteiger partial charge is 0.305 e. The maximum absolute atomic E-state index is 12.2. The Morgan fingerprint density at radius 1 is 0.800 bits per heavy atom. The maximum Gasteiger partial charge on any atom is 0.305 e. The van der Waals surface area contributed by atoms with Crippen LogP contribution in [0.1, 0.15) is 63.0 Å². The van der Waals surface area contributed by atoms with Crippen molar-refractivity contribution in [3.05, 3.63) is 71.8 Å². The number of hydrogen-bond acceptors (Lipinski definition) is 3. The molecule has 4 nitrogen and oxygen atoms in total. The fourth-order valence-corrected chi connectivity index (χ4v) is 3.33. The highest BCUT2D eigenvalue weighted by Gasteiger charge is 2.13. The average Bonchev–Trinajstić information content (AvgIpc) is 2.78. The Labute approximate surface area is 181 Å². The van der Waals surface area contributed by atoms with Crippen molar-refractivity contribution in [3.8, 4) is 0 Å². The molecule has 162 valence electrons. The Balaban J connectivity index is 1.53. The zero-order valence-corrected chi connectivity index (χ0v) is 18.1. The lowest BCUT2D eigenvalue weighted by Crippen LogP contribution is -2.38. The Hall–Kier alpha value is -2.62. The molecule has 1 amide bonds. The number of rotatable bonds is 14. The fraction of sp³-hybridized carbons (Fsp3) is 0.462. The summed E-state index contributed by atoms with van der Waals surface area (Å²) in [5.74, 6) is -0.146. The second kappa shape index (κ2) is 14.4. The fourth-order valence-electron chi connectivity index (χ4n) is 3.33. The van der Waals surface area contributed by atoms with E-state index in [0.717, 1.165) is 44.9 Å². The first-order chi connectivity index (χ1) is 14.7. The van der Waals surface area contributed by atoms with Crippen LogP contribution in [0.2, 0.25) is 0 Å². The quantitative estimate of drug-likeness (QED) is 0.342. The molecule has 1 atom stereocenters. The number of benzene rings is 2. The second-order valence-electron chi connectivity index (χ2n) is 7.74. The molecule has 30 heavy (non-hydrogen) atoms. The van der Waals surface area contributed by atoms with Gasteiger partial charge in [-0.25, -0.2) is 0 Å². The minimum atomic E-state index is -0.182. The van der Waals surface area contributed by atoms with E-state index in [9.17, 15) is 9.59 Å². The van der Waals surface area contributed by atoms with Gasteiger partial charge in [-0.3, -0.25) is 9.59 Å². The standard InChI is InChI=1S/C26H35NO3/c1-2-24(27-25(28)19-11-9-17-22-13-5-3-6-14-22)21-30-26(29)20-12-10-18-23-15-7-4-8-16-23/h3-8,13-16,24H,2,9-12,17-21H2,1H3,(H,27,28)/t24-/m1/s1. The minimum absolute atomic E-state index is 0.0359. The highest BCUT2D eigenvalue weighted by molar-refractivity contribution is 5.76. The monoisotopic (exact) mass is 409 g/mol. The van der Waals surface area contributed by atoms with E-state index in [2.05, 4.69) is 29.6 Å². The molecule has 2 rings (SSSR count). The van der Waals surface area contributed by atoms with Gasteiger partial charge in [-0.05, 0) is 56.1 Å². The molecule has 0 aliphatic carbocycles. The van der Waals surface area contributed by atoms with E-state index >= 15 is 0 Å². The highest BCUT2D eigenvalue weighted by Crippen LogP contribution is 2.08. The summed E-state index contributed by atoms with van der Waals surface area (Å²) in [4.78, 5) is 24.1. The molecule has 0 heterocycles. The Kier molecular flexibility index (Phi) is 11.3. The Morgan fingerprint density at radius 3 is 1.87 bits per heavy atom. The zero-order chi connectivity index (χ0) is 21.4. The first kappa shape index (κ1) is 23.7. The molecule has 0 aromatic heterocycles. The van der Waals surface area contributed by atoms with Gasteiger partial charge in [0.15, 0.2) is 0 Å². The normalized spacial score (nSPS) is 11.6. The number of unbranched alkanes of at least 4 members (excludes halogenated alkanes) is 2. The molecule has 0 aliphatic rings. The highest BCUT2D eigenvalue weighted by atomic mass is 16.5. The van der Waals surface area contributed by atoms with Crippen molar-refractivity contribution in [1.82, 2.24) is 5.32 Å². The average molecular weight is 410 g/mol. The molecule has 2 aromatic carbocycles. The Bertz CT molecular complexity index is 730. The van der Waals surface area contributed by atoms with Crippen LogP contribution >= 0.6 is 0 Å². The summed E-state index contributed by atoms with van der Waals surface area (Å²) < 4.78 is 5.38. The summed E-state index contributed by atoms with van der Waals surface area (Å²) in [7, 11) is 0. The summed E-state index contributed by atoms with van der Waals surface area (Å²) in [5.41, 5.74) is 2.60. The van der Waals surface area contributed by atoms with Gasteiger partial charge in [0.2, 0.25) is 5.91 Å². The molecule has 0 saturated carbocycles. The number of esters is 1. The predicted molar refractivity (Wildman–Crippen MR) is 121 cm³/mol. The number of hydrogen-bond donors (Lipinski definition) is 1. The molecule has 0 saturated heterocycles. The van der Waals surface area contributed by atoms with Crippen LogP contribution in [0.25, 0.3) is 0 Å². The Morgan fingerprint density at radius 2 is 1.33 bits per heavy atom. The van der Waals surface area contributed by atoms with Crippen molar-refractivity contribution in [2.45, 2.75) is 70.8 Å². The van der Waals surface area contributed by atoms with Gasteiger partial charge >= 0.3 is 5.97 Å². The third kappa shape index (κ3) is 10.2. The van der Waals surface area contributed by atoms with E-state index < -0.39 is 0 Å². The topological polar surface area (TPSA) is 55.4 Å². The molecule has 0 fully saturated rings. The number of carbonyl (C=O) groups is 2. The van der Waals surface area contributed by atoms with E-state index in [1.165, 1.54) is 11.1 Å². The summed E-state index contributed by atoms with van der Waals surface area (Å²) in [6.07, 6.45) is 7.29. The molecule has 0 radical (unpaired) electrons. The molecule has 2 aromatic rings. The van der Waals surface area contributed by atoms with Gasteiger partial charge < -0.3 is 10.1 Å². The molecule has 0 unspecified atom stereocenters. The van der Waals surface area contributed by atoms with Gasteiger partial charge in [0.1, 0.15) is 6.61 Å². The molecular formula is C26H35NO3. The van der Waals surface area contributed by atoms with Crippen molar-refractivity contribution < 1.29 is 14.3 Å². The molecule has 4 heteroatoms. The third-order valence-corrected chi connectivity index (χ3v) is 5.20.